The topological polar surface area (TPSA) is 0 Å². The summed E-state index contributed by atoms with van der Waals surface area (Å²) in [5.41, 5.74) is 0.821. The summed E-state index contributed by atoms with van der Waals surface area (Å²) in [4.78, 5) is 0. The van der Waals surface area contributed by atoms with Crippen molar-refractivity contribution in [1.82, 2.24) is 0 Å². The van der Waals surface area contributed by atoms with E-state index < -0.39 is 11.6 Å². The van der Waals surface area contributed by atoms with E-state index in [1.807, 2.05) is 0 Å². The maximum absolute atomic E-state index is 13.9. The molecule has 1 aliphatic rings. The first-order chi connectivity index (χ1) is 8.44. The van der Waals surface area contributed by atoms with Crippen LogP contribution in [0.25, 0.3) is 0 Å². The predicted molar refractivity (Wildman–Crippen MR) is 70.9 cm³/mol. The number of alkyl halides is 1. The van der Waals surface area contributed by atoms with Crippen LogP contribution in [0.1, 0.15) is 55.5 Å². The summed E-state index contributed by atoms with van der Waals surface area (Å²) in [7, 11) is 0. The average molecular weight is 273 g/mol. The summed E-state index contributed by atoms with van der Waals surface area (Å²) in [6, 6.07) is 2.51. The van der Waals surface area contributed by atoms with Crippen LogP contribution in [0.15, 0.2) is 12.1 Å². The second-order valence-corrected chi connectivity index (χ2v) is 6.14. The summed E-state index contributed by atoms with van der Waals surface area (Å²) >= 11 is 6.49. The van der Waals surface area contributed by atoms with Gasteiger partial charge >= 0.3 is 0 Å². The molecule has 1 saturated carbocycles. The normalized spacial score (nSPS) is 20.7. The maximum Gasteiger partial charge on any atom is 0.130 e. The average Bonchev–Trinajstić information content (AvgIpc) is 2.34. The lowest BCUT2D eigenvalue weighted by molar-refractivity contribution is 0.204. The van der Waals surface area contributed by atoms with E-state index in [0.717, 1.165) is 31.7 Å². The highest BCUT2D eigenvalue weighted by Crippen LogP contribution is 2.49. The molecule has 1 unspecified atom stereocenters. The summed E-state index contributed by atoms with van der Waals surface area (Å²) in [5, 5.41) is -0.378. The fourth-order valence-electron chi connectivity index (χ4n) is 2.86. The minimum Gasteiger partial charge on any atom is -0.207 e. The minimum atomic E-state index is -0.523. The second-order valence-electron chi connectivity index (χ2n) is 5.70. The van der Waals surface area contributed by atoms with Crippen molar-refractivity contribution in [3.8, 4) is 0 Å². The lowest BCUT2D eigenvalue weighted by atomic mass is 9.71. The van der Waals surface area contributed by atoms with Gasteiger partial charge in [-0.25, -0.2) is 8.78 Å². The largest absolute Gasteiger partial charge is 0.207 e. The number of aryl methyl sites for hydroxylation is 1. The molecule has 3 heteroatoms. The van der Waals surface area contributed by atoms with E-state index in [1.54, 1.807) is 13.0 Å². The standard InChI is InChI=1S/C15H19ClF2/c1-10-8-11(13(18)9-12(10)17)14(16)15(2)6-4-3-5-7-15/h8-9,14H,3-7H2,1-2H3. The van der Waals surface area contributed by atoms with Gasteiger partial charge in [0.05, 0.1) is 5.38 Å². The molecule has 1 fully saturated rings. The first-order valence-electron chi connectivity index (χ1n) is 6.54. The third-order valence-corrected chi connectivity index (χ3v) is 4.92. The molecule has 0 spiro atoms. The van der Waals surface area contributed by atoms with E-state index in [1.165, 1.54) is 6.42 Å². The Balaban J connectivity index is 2.33. The first kappa shape index (κ1) is 13.8. The first-order valence-corrected chi connectivity index (χ1v) is 6.97. The number of rotatable bonds is 2. The van der Waals surface area contributed by atoms with E-state index in [9.17, 15) is 8.78 Å². The number of hydrogen-bond donors (Lipinski definition) is 0. The molecular weight excluding hydrogens is 254 g/mol. The van der Waals surface area contributed by atoms with Crippen molar-refractivity contribution in [2.45, 2.75) is 51.3 Å². The number of hydrogen-bond acceptors (Lipinski definition) is 0. The van der Waals surface area contributed by atoms with Gasteiger partial charge in [-0.15, -0.1) is 11.6 Å². The summed E-state index contributed by atoms with van der Waals surface area (Å²) in [6.07, 6.45) is 5.53. The minimum absolute atomic E-state index is 0.0785. The summed E-state index contributed by atoms with van der Waals surface area (Å²) < 4.78 is 27.2. The Morgan fingerprint density at radius 2 is 1.72 bits per heavy atom. The van der Waals surface area contributed by atoms with Crippen molar-refractivity contribution >= 4 is 11.6 Å². The third-order valence-electron chi connectivity index (χ3n) is 4.16. The van der Waals surface area contributed by atoms with Crippen LogP contribution in [0.4, 0.5) is 8.78 Å². The number of benzene rings is 1. The van der Waals surface area contributed by atoms with Crippen molar-refractivity contribution in [2.75, 3.05) is 0 Å². The zero-order valence-electron chi connectivity index (χ0n) is 10.9. The molecule has 0 nitrogen and oxygen atoms in total. The smallest absolute Gasteiger partial charge is 0.130 e. The van der Waals surface area contributed by atoms with Crippen molar-refractivity contribution in [3.63, 3.8) is 0 Å². The monoisotopic (exact) mass is 272 g/mol. The van der Waals surface area contributed by atoms with Gasteiger partial charge in [0, 0.05) is 11.6 Å². The predicted octanol–water partition coefficient (Wildman–Crippen LogP) is 5.52. The van der Waals surface area contributed by atoms with E-state index in [2.05, 4.69) is 6.92 Å². The van der Waals surface area contributed by atoms with E-state index in [4.69, 9.17) is 11.6 Å². The zero-order chi connectivity index (χ0) is 13.3. The molecular formula is C15H19ClF2. The molecule has 0 bridgehead atoms. The van der Waals surface area contributed by atoms with Crippen LogP contribution in [-0.2, 0) is 0 Å². The molecule has 0 aromatic heterocycles. The number of halogens is 3. The maximum atomic E-state index is 13.9. The van der Waals surface area contributed by atoms with Crippen LogP contribution in [0.5, 0.6) is 0 Å². The fraction of sp³-hybridized carbons (Fsp3) is 0.600. The molecule has 1 atom stereocenters. The lowest BCUT2D eigenvalue weighted by Crippen LogP contribution is -2.26. The summed E-state index contributed by atoms with van der Waals surface area (Å²) in [5.74, 6) is -1.03. The van der Waals surface area contributed by atoms with Crippen LogP contribution in [0, 0.1) is 24.0 Å². The quantitative estimate of drug-likeness (QED) is 0.622. The highest BCUT2D eigenvalue weighted by molar-refractivity contribution is 6.21. The SMILES string of the molecule is Cc1cc(C(Cl)C2(C)CCCCC2)c(F)cc1F. The molecule has 0 heterocycles. The Labute approximate surface area is 112 Å². The van der Waals surface area contributed by atoms with E-state index in [-0.39, 0.29) is 10.8 Å². The molecule has 1 aromatic carbocycles. The van der Waals surface area contributed by atoms with Crippen molar-refractivity contribution in [2.24, 2.45) is 5.41 Å². The Hall–Kier alpha value is -0.630. The molecule has 1 aliphatic carbocycles. The molecule has 0 radical (unpaired) electrons. The molecule has 2 rings (SSSR count). The van der Waals surface area contributed by atoms with Crippen LogP contribution >= 0.6 is 11.6 Å². The van der Waals surface area contributed by atoms with Gasteiger partial charge in [0.2, 0.25) is 0 Å². The van der Waals surface area contributed by atoms with E-state index >= 15 is 0 Å². The Morgan fingerprint density at radius 3 is 2.33 bits per heavy atom. The highest BCUT2D eigenvalue weighted by atomic mass is 35.5. The molecule has 100 valence electrons. The van der Waals surface area contributed by atoms with Crippen LogP contribution in [0.3, 0.4) is 0 Å². The molecule has 0 N–H and O–H groups in total. The van der Waals surface area contributed by atoms with Crippen LogP contribution < -0.4 is 0 Å². The van der Waals surface area contributed by atoms with Gasteiger partial charge in [-0.05, 0) is 36.8 Å². The lowest BCUT2D eigenvalue weighted by Gasteiger charge is -2.38. The van der Waals surface area contributed by atoms with Gasteiger partial charge in [0.1, 0.15) is 11.6 Å². The molecule has 0 amide bonds. The van der Waals surface area contributed by atoms with Crippen molar-refractivity contribution < 1.29 is 8.78 Å². The highest BCUT2D eigenvalue weighted by Gasteiger charge is 2.36. The molecule has 18 heavy (non-hydrogen) atoms. The van der Waals surface area contributed by atoms with Gasteiger partial charge < -0.3 is 0 Å². The molecule has 1 aromatic rings. The Morgan fingerprint density at radius 1 is 1.11 bits per heavy atom. The zero-order valence-corrected chi connectivity index (χ0v) is 11.7. The fourth-order valence-corrected chi connectivity index (χ4v) is 3.25. The van der Waals surface area contributed by atoms with Gasteiger partial charge in [0.15, 0.2) is 0 Å². The van der Waals surface area contributed by atoms with Crippen LogP contribution in [-0.4, -0.2) is 0 Å². The van der Waals surface area contributed by atoms with Gasteiger partial charge in [0.25, 0.3) is 0 Å². The third kappa shape index (κ3) is 2.54. The Bertz CT molecular complexity index is 436. The van der Waals surface area contributed by atoms with Gasteiger partial charge in [-0.3, -0.25) is 0 Å². The van der Waals surface area contributed by atoms with Gasteiger partial charge in [-0.2, -0.15) is 0 Å². The molecule has 0 saturated heterocycles. The van der Waals surface area contributed by atoms with Gasteiger partial charge in [-0.1, -0.05) is 26.2 Å². The second kappa shape index (κ2) is 5.16. The Kier molecular flexibility index (Phi) is 3.96. The molecule has 0 aliphatic heterocycles. The van der Waals surface area contributed by atoms with Crippen LogP contribution in [0.2, 0.25) is 0 Å². The summed E-state index contributed by atoms with van der Waals surface area (Å²) in [6.45, 7) is 3.76. The van der Waals surface area contributed by atoms with Crippen molar-refractivity contribution in [3.05, 3.63) is 34.9 Å². The van der Waals surface area contributed by atoms with E-state index in [0.29, 0.717) is 11.1 Å². The van der Waals surface area contributed by atoms with Crippen molar-refractivity contribution in [1.29, 1.82) is 0 Å².